The highest BCUT2D eigenvalue weighted by atomic mass is 35.5. The maximum atomic E-state index is 6.50. The monoisotopic (exact) mass is 291 g/mol. The van der Waals surface area contributed by atoms with Gasteiger partial charge in [0.1, 0.15) is 0 Å². The second-order valence-corrected chi connectivity index (χ2v) is 5.33. The molecule has 1 heterocycles. The normalized spacial score (nSPS) is 12.6. The van der Waals surface area contributed by atoms with Crippen molar-refractivity contribution in [1.82, 2.24) is 15.1 Å². The molecule has 1 aromatic heterocycles. The molecule has 0 bridgehead atoms. The molecule has 0 amide bonds. The number of hydrogen-bond donors (Lipinski definition) is 1. The first-order chi connectivity index (χ1) is 9.69. The molecule has 2 rings (SSSR count). The Balaban J connectivity index is 2.45. The maximum Gasteiger partial charge on any atom is 0.0762 e. The van der Waals surface area contributed by atoms with Gasteiger partial charge in [0.15, 0.2) is 0 Å². The van der Waals surface area contributed by atoms with Crippen LogP contribution in [0.4, 0.5) is 0 Å². The van der Waals surface area contributed by atoms with Crippen LogP contribution in [0.5, 0.6) is 0 Å². The third-order valence-electron chi connectivity index (χ3n) is 3.42. The summed E-state index contributed by atoms with van der Waals surface area (Å²) in [6.07, 6.45) is 2.92. The molecule has 0 spiro atoms. The van der Waals surface area contributed by atoms with Crippen LogP contribution in [0.15, 0.2) is 30.5 Å². The molecule has 4 heteroatoms. The second kappa shape index (κ2) is 6.91. The van der Waals surface area contributed by atoms with Gasteiger partial charge >= 0.3 is 0 Å². The van der Waals surface area contributed by atoms with E-state index in [4.69, 9.17) is 11.6 Å². The van der Waals surface area contributed by atoms with Crippen molar-refractivity contribution in [3.05, 3.63) is 52.3 Å². The predicted octanol–water partition coefficient (Wildman–Crippen LogP) is 3.95. The van der Waals surface area contributed by atoms with Crippen LogP contribution < -0.4 is 5.32 Å². The maximum absolute atomic E-state index is 6.50. The highest BCUT2D eigenvalue weighted by Gasteiger charge is 2.20. The van der Waals surface area contributed by atoms with Crippen LogP contribution in [0.3, 0.4) is 0 Å². The Morgan fingerprint density at radius 3 is 2.80 bits per heavy atom. The third kappa shape index (κ3) is 3.05. The van der Waals surface area contributed by atoms with Crippen molar-refractivity contribution in [2.75, 3.05) is 6.54 Å². The number of aromatic nitrogens is 2. The number of aryl methyl sites for hydroxylation is 2. The Morgan fingerprint density at radius 2 is 2.10 bits per heavy atom. The summed E-state index contributed by atoms with van der Waals surface area (Å²) in [6, 6.07) is 8.34. The minimum atomic E-state index is 0.0847. The zero-order valence-electron chi connectivity index (χ0n) is 12.4. The largest absolute Gasteiger partial charge is 0.305 e. The van der Waals surface area contributed by atoms with Crippen LogP contribution in [0, 0.1) is 6.92 Å². The first-order valence-corrected chi connectivity index (χ1v) is 7.56. The molecule has 0 aliphatic heterocycles. The van der Waals surface area contributed by atoms with Gasteiger partial charge < -0.3 is 5.32 Å². The molecule has 1 unspecified atom stereocenters. The van der Waals surface area contributed by atoms with E-state index >= 15 is 0 Å². The van der Waals surface area contributed by atoms with Gasteiger partial charge in [0.25, 0.3) is 0 Å². The molecule has 0 radical (unpaired) electrons. The number of nitrogens with one attached hydrogen (secondary N) is 1. The molecule has 0 fully saturated rings. The molecular weight excluding hydrogens is 270 g/mol. The van der Waals surface area contributed by atoms with Crippen LogP contribution in [-0.4, -0.2) is 16.3 Å². The zero-order valence-corrected chi connectivity index (χ0v) is 13.1. The molecule has 1 atom stereocenters. The lowest BCUT2D eigenvalue weighted by Crippen LogP contribution is -2.25. The summed E-state index contributed by atoms with van der Waals surface area (Å²) in [5, 5.41) is 8.78. The first-order valence-electron chi connectivity index (χ1n) is 7.19. The Morgan fingerprint density at radius 1 is 1.30 bits per heavy atom. The van der Waals surface area contributed by atoms with Crippen molar-refractivity contribution in [3.63, 3.8) is 0 Å². The van der Waals surface area contributed by atoms with Gasteiger partial charge in [0.2, 0.25) is 0 Å². The molecule has 1 N–H and O–H groups in total. The van der Waals surface area contributed by atoms with Gasteiger partial charge in [-0.05, 0) is 37.1 Å². The topological polar surface area (TPSA) is 29.9 Å². The van der Waals surface area contributed by atoms with E-state index in [1.807, 2.05) is 19.2 Å². The van der Waals surface area contributed by atoms with E-state index in [1.54, 1.807) is 0 Å². The Labute approximate surface area is 126 Å². The molecule has 1 aromatic carbocycles. The fourth-order valence-electron chi connectivity index (χ4n) is 2.46. The van der Waals surface area contributed by atoms with Crippen LogP contribution in [0.2, 0.25) is 5.02 Å². The number of halogens is 1. The molecule has 2 aromatic rings. The van der Waals surface area contributed by atoms with E-state index in [0.29, 0.717) is 0 Å². The summed E-state index contributed by atoms with van der Waals surface area (Å²) in [4.78, 5) is 0. The van der Waals surface area contributed by atoms with E-state index in [0.717, 1.165) is 35.7 Å². The van der Waals surface area contributed by atoms with Gasteiger partial charge in [-0.25, -0.2) is 0 Å². The molecule has 0 saturated heterocycles. The minimum Gasteiger partial charge on any atom is -0.305 e. The average Bonchev–Trinajstić information content (AvgIpc) is 2.88. The lowest BCUT2D eigenvalue weighted by atomic mass is 10.0. The van der Waals surface area contributed by atoms with Gasteiger partial charge in [-0.2, -0.15) is 5.10 Å². The lowest BCUT2D eigenvalue weighted by Gasteiger charge is -2.21. The molecule has 0 saturated carbocycles. The van der Waals surface area contributed by atoms with Gasteiger partial charge in [0, 0.05) is 17.8 Å². The number of benzene rings is 1. The smallest absolute Gasteiger partial charge is 0.0762 e. The average molecular weight is 292 g/mol. The van der Waals surface area contributed by atoms with Gasteiger partial charge in [-0.1, -0.05) is 43.6 Å². The third-order valence-corrected chi connectivity index (χ3v) is 3.94. The summed E-state index contributed by atoms with van der Waals surface area (Å²) in [5.41, 5.74) is 3.39. The van der Waals surface area contributed by atoms with E-state index in [-0.39, 0.29) is 6.04 Å². The second-order valence-electron chi connectivity index (χ2n) is 4.95. The quantitative estimate of drug-likeness (QED) is 0.873. The Kier molecular flexibility index (Phi) is 5.21. The van der Waals surface area contributed by atoms with Crippen LogP contribution in [0.25, 0.3) is 0 Å². The van der Waals surface area contributed by atoms with Crippen molar-refractivity contribution in [2.24, 2.45) is 0 Å². The van der Waals surface area contributed by atoms with E-state index < -0.39 is 0 Å². The van der Waals surface area contributed by atoms with Gasteiger partial charge in [0.05, 0.1) is 11.7 Å². The fourth-order valence-corrected chi connectivity index (χ4v) is 2.69. The summed E-state index contributed by atoms with van der Waals surface area (Å²) in [7, 11) is 0. The highest BCUT2D eigenvalue weighted by Crippen LogP contribution is 2.30. The fraction of sp³-hybridized carbons (Fsp3) is 0.438. The summed E-state index contributed by atoms with van der Waals surface area (Å²) < 4.78 is 2.06. The van der Waals surface area contributed by atoms with Crippen molar-refractivity contribution >= 4 is 11.6 Å². The molecule has 0 aliphatic carbocycles. The van der Waals surface area contributed by atoms with Crippen LogP contribution in [0.1, 0.15) is 43.1 Å². The first kappa shape index (κ1) is 15.1. The van der Waals surface area contributed by atoms with Crippen molar-refractivity contribution in [1.29, 1.82) is 0 Å². The summed E-state index contributed by atoms with van der Waals surface area (Å²) in [5.74, 6) is 0. The Hall–Kier alpha value is -1.32. The van der Waals surface area contributed by atoms with Crippen molar-refractivity contribution in [3.8, 4) is 0 Å². The SMILES string of the molecule is CCCn1nccc1C(NCC)c1cccc(C)c1Cl. The summed E-state index contributed by atoms with van der Waals surface area (Å²) in [6.45, 7) is 8.11. The van der Waals surface area contributed by atoms with Crippen LogP contribution in [-0.2, 0) is 6.54 Å². The molecule has 20 heavy (non-hydrogen) atoms. The van der Waals surface area contributed by atoms with E-state index in [2.05, 4.69) is 47.1 Å². The Bertz CT molecular complexity index is 563. The molecule has 108 valence electrons. The van der Waals surface area contributed by atoms with Gasteiger partial charge in [-0.3, -0.25) is 4.68 Å². The lowest BCUT2D eigenvalue weighted by molar-refractivity contribution is 0.520. The standard InChI is InChI=1S/C16H22ClN3/c1-4-11-20-14(9-10-19-20)16(18-5-2)13-8-6-7-12(3)15(13)17/h6-10,16,18H,4-5,11H2,1-3H3. The summed E-state index contributed by atoms with van der Waals surface area (Å²) >= 11 is 6.50. The highest BCUT2D eigenvalue weighted by molar-refractivity contribution is 6.32. The van der Waals surface area contributed by atoms with Crippen molar-refractivity contribution in [2.45, 2.75) is 39.8 Å². The predicted molar refractivity (Wildman–Crippen MR) is 84.2 cm³/mol. The number of nitrogens with zero attached hydrogens (tertiary/aromatic N) is 2. The minimum absolute atomic E-state index is 0.0847. The zero-order chi connectivity index (χ0) is 14.5. The number of rotatable bonds is 6. The molecule has 0 aliphatic rings. The van der Waals surface area contributed by atoms with E-state index in [1.165, 1.54) is 5.69 Å². The van der Waals surface area contributed by atoms with Crippen molar-refractivity contribution < 1.29 is 0 Å². The number of hydrogen-bond acceptors (Lipinski definition) is 2. The van der Waals surface area contributed by atoms with Crippen LogP contribution >= 0.6 is 11.6 Å². The molecule has 3 nitrogen and oxygen atoms in total. The molecular formula is C16H22ClN3. The van der Waals surface area contributed by atoms with E-state index in [9.17, 15) is 0 Å². The van der Waals surface area contributed by atoms with Gasteiger partial charge in [-0.15, -0.1) is 0 Å².